The highest BCUT2D eigenvalue weighted by Crippen LogP contribution is 2.20. The van der Waals surface area contributed by atoms with Gasteiger partial charge in [0.25, 0.3) is 0 Å². The third kappa shape index (κ3) is 10.1. The lowest BCUT2D eigenvalue weighted by molar-refractivity contribution is -0.142. The van der Waals surface area contributed by atoms with Gasteiger partial charge in [0.05, 0.1) is 11.8 Å². The molecule has 2 aliphatic heterocycles. The fourth-order valence-electron chi connectivity index (χ4n) is 6.38. The molecule has 2 aliphatic rings. The van der Waals surface area contributed by atoms with E-state index in [9.17, 15) is 33.9 Å². The van der Waals surface area contributed by atoms with E-state index in [0.29, 0.717) is 32.2 Å². The smallest absolute Gasteiger partial charge is 0.246 e. The molecule has 6 atom stereocenters. The average molecular weight is 695 g/mol. The number of nitrogens with zero attached hydrogens (tertiary/aromatic N) is 3. The largest absolute Gasteiger partial charge is 0.391 e. The SMILES string of the molecule is CC[C@@H]1NC(=O)[C@@H](NC(=O)Cn2nc(C)cc2C)CCCCNC(=O)[C@@H]2CCCN2C(=O)[C@@H](Cc2ccccc2)NC(=O)[C@H]([C@@H](C)O)NC1=O. The topological polar surface area (TPSA) is 204 Å². The van der Waals surface area contributed by atoms with E-state index in [-0.39, 0.29) is 38.3 Å². The van der Waals surface area contributed by atoms with Crippen molar-refractivity contribution in [1.29, 1.82) is 0 Å². The number of aliphatic hydroxyl groups excluding tert-OH is 1. The highest BCUT2D eigenvalue weighted by atomic mass is 16.3. The van der Waals surface area contributed by atoms with E-state index in [2.05, 4.69) is 31.7 Å². The molecular weight excluding hydrogens is 644 g/mol. The quantitative estimate of drug-likeness (QED) is 0.228. The Morgan fingerprint density at radius 2 is 1.66 bits per heavy atom. The Morgan fingerprint density at radius 1 is 0.940 bits per heavy atom. The normalized spacial score (nSPS) is 25.2. The Labute approximate surface area is 292 Å². The number of nitrogens with one attached hydrogen (secondary N) is 5. The van der Waals surface area contributed by atoms with Crippen LogP contribution >= 0.6 is 0 Å². The van der Waals surface area contributed by atoms with Gasteiger partial charge in [-0.25, -0.2) is 0 Å². The van der Waals surface area contributed by atoms with E-state index < -0.39 is 65.8 Å². The Morgan fingerprint density at radius 3 is 2.32 bits per heavy atom. The monoisotopic (exact) mass is 694 g/mol. The first kappa shape index (κ1) is 38.0. The first-order valence-corrected chi connectivity index (χ1v) is 17.4. The number of benzene rings is 1. The summed E-state index contributed by atoms with van der Waals surface area (Å²) in [4.78, 5) is 82.6. The molecule has 0 spiro atoms. The van der Waals surface area contributed by atoms with Crippen molar-refractivity contribution in [3.8, 4) is 0 Å². The van der Waals surface area contributed by atoms with E-state index >= 15 is 0 Å². The van der Waals surface area contributed by atoms with Gasteiger partial charge in [0, 0.05) is 25.2 Å². The molecule has 272 valence electrons. The number of carbonyl (C=O) groups excluding carboxylic acids is 6. The number of aliphatic hydroxyl groups is 1. The summed E-state index contributed by atoms with van der Waals surface area (Å²) in [5.74, 6) is -3.30. The van der Waals surface area contributed by atoms with Gasteiger partial charge in [-0.2, -0.15) is 5.10 Å². The molecule has 0 unspecified atom stereocenters. The molecule has 15 heteroatoms. The summed E-state index contributed by atoms with van der Waals surface area (Å²) in [6.07, 6.45) is 1.14. The van der Waals surface area contributed by atoms with Crippen LogP contribution in [0.3, 0.4) is 0 Å². The van der Waals surface area contributed by atoms with Crippen LogP contribution in [0.2, 0.25) is 0 Å². The fraction of sp³-hybridized carbons (Fsp3) is 0.571. The summed E-state index contributed by atoms with van der Waals surface area (Å²) < 4.78 is 1.53. The number of carbonyl (C=O) groups is 6. The molecule has 0 radical (unpaired) electrons. The van der Waals surface area contributed by atoms with Gasteiger partial charge in [-0.15, -0.1) is 0 Å². The van der Waals surface area contributed by atoms with Crippen molar-refractivity contribution in [2.24, 2.45) is 0 Å². The highest BCUT2D eigenvalue weighted by molar-refractivity contribution is 5.97. The van der Waals surface area contributed by atoms with Crippen LogP contribution in [0.15, 0.2) is 36.4 Å². The minimum absolute atomic E-state index is 0.107. The van der Waals surface area contributed by atoms with E-state index in [1.165, 1.54) is 16.5 Å². The Balaban J connectivity index is 1.59. The predicted molar refractivity (Wildman–Crippen MR) is 183 cm³/mol. The van der Waals surface area contributed by atoms with Gasteiger partial charge in [-0.3, -0.25) is 33.4 Å². The molecule has 6 amide bonds. The molecule has 0 saturated carbocycles. The van der Waals surface area contributed by atoms with Crippen molar-refractivity contribution in [1.82, 2.24) is 41.3 Å². The summed E-state index contributed by atoms with van der Waals surface area (Å²) in [5.41, 5.74) is 2.30. The van der Waals surface area contributed by atoms with Crippen LogP contribution in [0.1, 0.15) is 69.3 Å². The van der Waals surface area contributed by atoms with Gasteiger partial charge in [0.2, 0.25) is 35.4 Å². The molecular formula is C35H50N8O7. The molecule has 0 aliphatic carbocycles. The standard InChI is InChI=1S/C35H50N8O7/c1-5-25-31(46)40-30(23(4)44)34(49)39-27(19-24-12-7-6-8-13-24)35(50)42-17-11-15-28(42)33(48)36-16-10-9-14-26(32(47)38-25)37-29(45)20-43-22(3)18-21(2)41-43/h6-8,12-13,18,23,25-28,30,44H,5,9-11,14-17,19-20H2,1-4H3,(H,36,48)(H,37,45)(H,38,47)(H,39,49)(H,40,46)/t23-,25+,26+,27-,28+,30+/m1/s1. The predicted octanol–water partition coefficient (Wildman–Crippen LogP) is -0.236. The maximum absolute atomic E-state index is 14.0. The van der Waals surface area contributed by atoms with Gasteiger partial charge in [0.1, 0.15) is 36.8 Å². The minimum atomic E-state index is -1.46. The lowest BCUT2D eigenvalue weighted by Crippen LogP contribution is -2.61. The van der Waals surface area contributed by atoms with Crippen LogP contribution in [0, 0.1) is 13.8 Å². The summed E-state index contributed by atoms with van der Waals surface area (Å²) >= 11 is 0. The lowest BCUT2D eigenvalue weighted by Gasteiger charge is -2.30. The zero-order chi connectivity index (χ0) is 36.4. The first-order valence-electron chi connectivity index (χ1n) is 17.4. The first-order chi connectivity index (χ1) is 23.9. The van der Waals surface area contributed by atoms with Gasteiger partial charge in [-0.1, -0.05) is 37.3 Å². The Hall–Kier alpha value is -4.79. The summed E-state index contributed by atoms with van der Waals surface area (Å²) in [6.45, 7) is 7.16. The molecule has 0 bridgehead atoms. The van der Waals surface area contributed by atoms with Crippen molar-refractivity contribution < 1.29 is 33.9 Å². The second kappa shape index (κ2) is 17.7. The Kier molecular flexibility index (Phi) is 13.5. The second-order valence-corrected chi connectivity index (χ2v) is 13.1. The molecule has 1 aromatic heterocycles. The summed E-state index contributed by atoms with van der Waals surface area (Å²) in [5, 5.41) is 28.6. The molecule has 50 heavy (non-hydrogen) atoms. The molecule has 6 N–H and O–H groups in total. The number of rotatable bonds is 7. The maximum atomic E-state index is 14.0. The van der Waals surface area contributed by atoms with Crippen LogP contribution < -0.4 is 26.6 Å². The van der Waals surface area contributed by atoms with Crippen LogP contribution in [0.4, 0.5) is 0 Å². The van der Waals surface area contributed by atoms with Crippen molar-refractivity contribution >= 4 is 35.4 Å². The molecule has 1 aromatic carbocycles. The van der Waals surface area contributed by atoms with E-state index in [1.807, 2.05) is 50.2 Å². The van der Waals surface area contributed by atoms with Crippen LogP contribution in [-0.4, -0.2) is 105 Å². The molecule has 2 saturated heterocycles. The average Bonchev–Trinajstić information content (AvgIpc) is 3.69. The summed E-state index contributed by atoms with van der Waals surface area (Å²) in [6, 6.07) is 5.55. The van der Waals surface area contributed by atoms with E-state index in [0.717, 1.165) is 17.0 Å². The summed E-state index contributed by atoms with van der Waals surface area (Å²) in [7, 11) is 0. The van der Waals surface area contributed by atoms with Crippen molar-refractivity contribution in [3.63, 3.8) is 0 Å². The molecule has 2 fully saturated rings. The number of hydrogen-bond donors (Lipinski definition) is 6. The van der Waals surface area contributed by atoms with Crippen molar-refractivity contribution in [2.75, 3.05) is 13.1 Å². The maximum Gasteiger partial charge on any atom is 0.246 e. The van der Waals surface area contributed by atoms with Crippen LogP contribution in [0.5, 0.6) is 0 Å². The molecule has 15 nitrogen and oxygen atoms in total. The molecule has 4 rings (SSSR count). The number of aryl methyl sites for hydroxylation is 2. The van der Waals surface area contributed by atoms with Gasteiger partial charge in [-0.05, 0) is 70.9 Å². The van der Waals surface area contributed by atoms with E-state index in [1.54, 1.807) is 6.92 Å². The van der Waals surface area contributed by atoms with Crippen molar-refractivity contribution in [3.05, 3.63) is 53.3 Å². The van der Waals surface area contributed by atoms with Crippen LogP contribution in [-0.2, 0) is 41.7 Å². The zero-order valence-electron chi connectivity index (χ0n) is 29.2. The zero-order valence-corrected chi connectivity index (χ0v) is 29.2. The number of amides is 6. The van der Waals surface area contributed by atoms with Gasteiger partial charge >= 0.3 is 0 Å². The molecule has 3 heterocycles. The number of aromatic nitrogens is 2. The highest BCUT2D eigenvalue weighted by Gasteiger charge is 2.39. The number of hydrogen-bond acceptors (Lipinski definition) is 8. The second-order valence-electron chi connectivity index (χ2n) is 13.1. The lowest BCUT2D eigenvalue weighted by atomic mass is 10.0. The third-order valence-corrected chi connectivity index (χ3v) is 9.11. The van der Waals surface area contributed by atoms with Crippen LogP contribution in [0.25, 0.3) is 0 Å². The third-order valence-electron chi connectivity index (χ3n) is 9.11. The minimum Gasteiger partial charge on any atom is -0.391 e. The molecule has 2 aromatic rings. The number of fused-ring (bicyclic) bond motifs is 1. The van der Waals surface area contributed by atoms with Gasteiger partial charge in [0.15, 0.2) is 0 Å². The fourth-order valence-corrected chi connectivity index (χ4v) is 6.38. The Bertz CT molecular complexity index is 1530. The van der Waals surface area contributed by atoms with E-state index in [4.69, 9.17) is 0 Å². The van der Waals surface area contributed by atoms with Crippen molar-refractivity contribution in [2.45, 2.75) is 115 Å². The van der Waals surface area contributed by atoms with Gasteiger partial charge < -0.3 is 36.6 Å².